The summed E-state index contributed by atoms with van der Waals surface area (Å²) in [5, 5.41) is 5.88. The van der Waals surface area contributed by atoms with Crippen LogP contribution in [0.2, 0.25) is 0 Å². The lowest BCUT2D eigenvalue weighted by Crippen LogP contribution is -2.20. The number of carbonyl (C=O) groups is 1. The number of thiazole rings is 1. The second-order valence-corrected chi connectivity index (χ2v) is 7.69. The minimum absolute atomic E-state index is 0.117. The highest BCUT2D eigenvalue weighted by Gasteiger charge is 2.07. The van der Waals surface area contributed by atoms with Gasteiger partial charge in [-0.2, -0.15) is 0 Å². The van der Waals surface area contributed by atoms with E-state index in [-0.39, 0.29) is 5.91 Å². The fourth-order valence-corrected chi connectivity index (χ4v) is 3.63. The Morgan fingerprint density at radius 1 is 1.15 bits per heavy atom. The maximum atomic E-state index is 12.1. The summed E-state index contributed by atoms with van der Waals surface area (Å²) in [6, 6.07) is 16.5. The topological polar surface area (TPSA) is 42.0 Å². The summed E-state index contributed by atoms with van der Waals surface area (Å²) in [5.41, 5.74) is 5.54. The quantitative estimate of drug-likeness (QED) is 0.571. The van der Waals surface area contributed by atoms with E-state index in [0.717, 1.165) is 21.8 Å². The number of rotatable bonds is 6. The highest BCUT2D eigenvalue weighted by molar-refractivity contribution is 7.13. The van der Waals surface area contributed by atoms with Crippen LogP contribution >= 0.6 is 11.3 Å². The van der Waals surface area contributed by atoms with E-state index in [4.69, 9.17) is 0 Å². The van der Waals surface area contributed by atoms with Gasteiger partial charge in [0.15, 0.2) is 0 Å². The molecule has 0 aliphatic rings. The van der Waals surface area contributed by atoms with E-state index in [9.17, 15) is 4.79 Å². The first kappa shape index (κ1) is 19.1. The van der Waals surface area contributed by atoms with E-state index >= 15 is 0 Å². The van der Waals surface area contributed by atoms with Gasteiger partial charge in [-0.1, -0.05) is 62.4 Å². The molecule has 0 bridgehead atoms. The van der Waals surface area contributed by atoms with Crippen LogP contribution in [0.1, 0.15) is 42.1 Å². The van der Waals surface area contributed by atoms with Crippen molar-refractivity contribution in [1.82, 2.24) is 10.3 Å². The molecule has 0 spiro atoms. The predicted octanol–water partition coefficient (Wildman–Crippen LogP) is 5.57. The summed E-state index contributed by atoms with van der Waals surface area (Å²) in [6.07, 6.45) is 3.40. The molecule has 0 atom stereocenters. The lowest BCUT2D eigenvalue weighted by Gasteiger charge is -2.04. The SMILES string of the molecule is Cc1ccccc1-c1nc(CNC(=O)/C=C/c2ccc(C(C)C)cc2)cs1. The molecule has 0 saturated carbocycles. The van der Waals surface area contributed by atoms with Crippen LogP contribution in [0.25, 0.3) is 16.6 Å². The van der Waals surface area contributed by atoms with Gasteiger partial charge < -0.3 is 5.32 Å². The van der Waals surface area contributed by atoms with E-state index in [0.29, 0.717) is 12.5 Å². The van der Waals surface area contributed by atoms with Crippen molar-refractivity contribution in [2.24, 2.45) is 0 Å². The first-order valence-corrected chi connectivity index (χ1v) is 9.97. The summed E-state index contributed by atoms with van der Waals surface area (Å²) in [5.74, 6) is 0.391. The zero-order chi connectivity index (χ0) is 19.2. The summed E-state index contributed by atoms with van der Waals surface area (Å²) >= 11 is 1.60. The molecule has 0 radical (unpaired) electrons. The zero-order valence-electron chi connectivity index (χ0n) is 15.9. The molecule has 0 aliphatic carbocycles. The summed E-state index contributed by atoms with van der Waals surface area (Å²) < 4.78 is 0. The van der Waals surface area contributed by atoms with E-state index in [1.54, 1.807) is 17.4 Å². The van der Waals surface area contributed by atoms with Crippen LogP contribution in [-0.4, -0.2) is 10.9 Å². The molecule has 4 heteroatoms. The van der Waals surface area contributed by atoms with Gasteiger partial charge in [-0.05, 0) is 35.6 Å². The Morgan fingerprint density at radius 2 is 1.89 bits per heavy atom. The second kappa shape index (κ2) is 8.78. The summed E-state index contributed by atoms with van der Waals surface area (Å²) in [7, 11) is 0. The molecule has 3 rings (SSSR count). The van der Waals surface area contributed by atoms with Gasteiger partial charge in [-0.3, -0.25) is 4.79 Å². The van der Waals surface area contributed by atoms with Crippen LogP contribution in [-0.2, 0) is 11.3 Å². The molecule has 3 nitrogen and oxygen atoms in total. The molecule has 1 N–H and O–H groups in total. The Bertz CT molecular complexity index is 939. The number of amides is 1. The van der Waals surface area contributed by atoms with Crippen LogP contribution in [0, 0.1) is 6.92 Å². The first-order valence-electron chi connectivity index (χ1n) is 9.09. The third kappa shape index (κ3) is 5.14. The number of hydrogen-bond donors (Lipinski definition) is 1. The van der Waals surface area contributed by atoms with Crippen molar-refractivity contribution in [3.8, 4) is 10.6 Å². The van der Waals surface area contributed by atoms with Gasteiger partial charge in [0.1, 0.15) is 5.01 Å². The average Bonchev–Trinajstić information content (AvgIpc) is 3.14. The van der Waals surface area contributed by atoms with Gasteiger partial charge in [0.25, 0.3) is 0 Å². The van der Waals surface area contributed by atoms with Crippen molar-refractivity contribution < 1.29 is 4.79 Å². The van der Waals surface area contributed by atoms with E-state index in [1.165, 1.54) is 11.1 Å². The van der Waals surface area contributed by atoms with Crippen LogP contribution < -0.4 is 5.32 Å². The molecule has 0 fully saturated rings. The molecule has 1 amide bonds. The molecule has 0 saturated heterocycles. The van der Waals surface area contributed by atoms with Crippen molar-refractivity contribution in [2.75, 3.05) is 0 Å². The standard InChI is InChI=1S/C23H24N2OS/c1-16(2)19-11-8-18(9-12-19)10-13-22(26)24-14-20-15-27-23(25-20)21-7-5-4-6-17(21)3/h4-13,15-16H,14H2,1-3H3,(H,24,26)/b13-10+. The minimum Gasteiger partial charge on any atom is -0.347 e. The number of aromatic nitrogens is 1. The van der Waals surface area contributed by atoms with Gasteiger partial charge in [-0.15, -0.1) is 11.3 Å². The fourth-order valence-electron chi connectivity index (χ4n) is 2.73. The van der Waals surface area contributed by atoms with Crippen molar-refractivity contribution in [3.05, 3.63) is 82.4 Å². The largest absolute Gasteiger partial charge is 0.347 e. The van der Waals surface area contributed by atoms with Crippen molar-refractivity contribution in [3.63, 3.8) is 0 Å². The zero-order valence-corrected chi connectivity index (χ0v) is 16.7. The number of hydrogen-bond acceptors (Lipinski definition) is 3. The Kier molecular flexibility index (Phi) is 6.20. The third-order valence-electron chi connectivity index (χ3n) is 4.40. The molecule has 27 heavy (non-hydrogen) atoms. The molecule has 1 heterocycles. The Labute approximate surface area is 164 Å². The molecule has 138 valence electrons. The van der Waals surface area contributed by atoms with Gasteiger partial charge in [-0.25, -0.2) is 4.98 Å². The summed E-state index contributed by atoms with van der Waals surface area (Å²) in [6.45, 7) is 6.84. The van der Waals surface area contributed by atoms with Gasteiger partial charge in [0.05, 0.1) is 12.2 Å². The maximum Gasteiger partial charge on any atom is 0.244 e. The Balaban J connectivity index is 1.56. The van der Waals surface area contributed by atoms with Gasteiger partial charge >= 0.3 is 0 Å². The van der Waals surface area contributed by atoms with E-state index in [1.807, 2.05) is 35.7 Å². The highest BCUT2D eigenvalue weighted by Crippen LogP contribution is 2.26. The molecule has 2 aromatic carbocycles. The molecule has 0 unspecified atom stereocenters. The van der Waals surface area contributed by atoms with Crippen molar-refractivity contribution in [1.29, 1.82) is 0 Å². The minimum atomic E-state index is -0.117. The number of nitrogens with zero attached hydrogens (tertiary/aromatic N) is 1. The predicted molar refractivity (Wildman–Crippen MR) is 114 cm³/mol. The highest BCUT2D eigenvalue weighted by atomic mass is 32.1. The molecule has 1 aromatic heterocycles. The molecule has 3 aromatic rings. The van der Waals surface area contributed by atoms with Gasteiger partial charge in [0, 0.05) is 17.0 Å². The summed E-state index contributed by atoms with van der Waals surface area (Å²) in [4.78, 5) is 16.7. The number of aryl methyl sites for hydroxylation is 1. The fraction of sp³-hybridized carbons (Fsp3) is 0.217. The normalized spacial score (nSPS) is 11.3. The van der Waals surface area contributed by atoms with Crippen LogP contribution in [0.5, 0.6) is 0 Å². The average molecular weight is 377 g/mol. The molecule has 0 aliphatic heterocycles. The van der Waals surface area contributed by atoms with Crippen LogP contribution in [0.3, 0.4) is 0 Å². The molecular weight excluding hydrogens is 352 g/mol. The first-order chi connectivity index (χ1) is 13.0. The Hall–Kier alpha value is -2.72. The lowest BCUT2D eigenvalue weighted by atomic mass is 10.0. The van der Waals surface area contributed by atoms with Gasteiger partial charge in [0.2, 0.25) is 5.91 Å². The molecular formula is C23H24N2OS. The third-order valence-corrected chi connectivity index (χ3v) is 5.33. The Morgan fingerprint density at radius 3 is 2.59 bits per heavy atom. The number of carbonyl (C=O) groups excluding carboxylic acids is 1. The lowest BCUT2D eigenvalue weighted by molar-refractivity contribution is -0.116. The number of benzene rings is 2. The smallest absolute Gasteiger partial charge is 0.244 e. The van der Waals surface area contributed by atoms with Crippen molar-refractivity contribution >= 4 is 23.3 Å². The number of nitrogens with one attached hydrogen (secondary N) is 1. The van der Waals surface area contributed by atoms with E-state index in [2.05, 4.69) is 55.3 Å². The van der Waals surface area contributed by atoms with Crippen LogP contribution in [0.15, 0.2) is 60.0 Å². The van der Waals surface area contributed by atoms with Crippen molar-refractivity contribution in [2.45, 2.75) is 33.2 Å². The van der Waals surface area contributed by atoms with Crippen LogP contribution in [0.4, 0.5) is 0 Å². The monoisotopic (exact) mass is 376 g/mol. The second-order valence-electron chi connectivity index (χ2n) is 6.83. The van der Waals surface area contributed by atoms with E-state index < -0.39 is 0 Å². The maximum absolute atomic E-state index is 12.1.